The molecule has 45 heavy (non-hydrogen) atoms. The van der Waals surface area contributed by atoms with Crippen LogP contribution < -0.4 is 9.64 Å². The minimum absolute atomic E-state index is 0.113. The molecule has 0 aromatic heterocycles. The number of aliphatic hydroxyl groups excluding tert-OH is 1. The van der Waals surface area contributed by atoms with Gasteiger partial charge in [0.2, 0.25) is 0 Å². The van der Waals surface area contributed by atoms with Gasteiger partial charge in [-0.1, -0.05) is 35.9 Å². The lowest BCUT2D eigenvalue weighted by atomic mass is 10.1. The zero-order valence-corrected chi connectivity index (χ0v) is 25.9. The third-order valence-corrected chi connectivity index (χ3v) is 7.24. The number of benzene rings is 4. The monoisotopic (exact) mass is 632 g/mol. The molecule has 0 aliphatic rings. The summed E-state index contributed by atoms with van der Waals surface area (Å²) >= 11 is 6.18. The topological polar surface area (TPSA) is 152 Å². The Morgan fingerprint density at radius 1 is 0.933 bits per heavy atom. The molecule has 0 bridgehead atoms. The van der Waals surface area contributed by atoms with Crippen LogP contribution in [0.15, 0.2) is 87.2 Å². The molecule has 0 radical (unpaired) electrons. The van der Waals surface area contributed by atoms with E-state index in [1.165, 1.54) is 18.2 Å². The number of hydrogen-bond donors (Lipinski definition) is 1. The SMILES string of the molecule is CCOC(=O)CCCN(CC)c1cc(CO)c(N=Nc2ccc(N=Nc3ccc([N+](=O)[O-])cc3Cl)c3ccccc23)cc1OC. The van der Waals surface area contributed by atoms with Gasteiger partial charge in [-0.25, -0.2) is 0 Å². The van der Waals surface area contributed by atoms with Crippen molar-refractivity contribution in [2.75, 3.05) is 31.7 Å². The van der Waals surface area contributed by atoms with E-state index in [1.54, 1.807) is 32.2 Å². The maximum absolute atomic E-state index is 11.8. The molecule has 4 aromatic rings. The summed E-state index contributed by atoms with van der Waals surface area (Å²) in [7, 11) is 1.56. The number of halogens is 1. The lowest BCUT2D eigenvalue weighted by Gasteiger charge is -2.26. The van der Waals surface area contributed by atoms with Gasteiger partial charge < -0.3 is 19.5 Å². The molecule has 4 rings (SSSR count). The van der Waals surface area contributed by atoms with Crippen LogP contribution >= 0.6 is 11.6 Å². The number of carbonyl (C=O) groups is 1. The van der Waals surface area contributed by atoms with Crippen LogP contribution in [0.5, 0.6) is 5.75 Å². The number of nitro benzene ring substituents is 1. The summed E-state index contributed by atoms with van der Waals surface area (Å²) in [5.74, 6) is 0.328. The molecular weight excluding hydrogens is 600 g/mol. The Morgan fingerprint density at radius 2 is 1.56 bits per heavy atom. The largest absolute Gasteiger partial charge is 0.495 e. The fraction of sp³-hybridized carbons (Fsp3) is 0.281. The first-order valence-corrected chi connectivity index (χ1v) is 14.7. The number of ether oxygens (including phenoxy) is 2. The number of methoxy groups -OCH3 is 1. The number of esters is 1. The minimum atomic E-state index is -0.530. The van der Waals surface area contributed by atoms with Crippen LogP contribution in [0, 0.1) is 10.1 Å². The van der Waals surface area contributed by atoms with Gasteiger partial charge in [-0.15, -0.1) is 15.3 Å². The van der Waals surface area contributed by atoms with E-state index in [-0.39, 0.29) is 23.3 Å². The molecule has 234 valence electrons. The predicted molar refractivity (Wildman–Crippen MR) is 173 cm³/mol. The summed E-state index contributed by atoms with van der Waals surface area (Å²) in [4.78, 5) is 24.3. The van der Waals surface area contributed by atoms with Crippen LogP contribution in [0.25, 0.3) is 10.8 Å². The summed E-state index contributed by atoms with van der Waals surface area (Å²) in [5, 5.41) is 40.4. The molecular formula is C32H33ClN6O6. The molecule has 0 spiro atoms. The molecule has 0 heterocycles. The highest BCUT2D eigenvalue weighted by Crippen LogP contribution is 2.39. The summed E-state index contributed by atoms with van der Waals surface area (Å²) in [6.07, 6.45) is 0.917. The lowest BCUT2D eigenvalue weighted by Crippen LogP contribution is -2.25. The number of fused-ring (bicyclic) bond motifs is 1. The Hall–Kier alpha value is -4.94. The van der Waals surface area contributed by atoms with Gasteiger partial charge in [-0.2, -0.15) is 5.11 Å². The average molecular weight is 633 g/mol. The number of carbonyl (C=O) groups excluding carboxylic acids is 1. The van der Waals surface area contributed by atoms with E-state index in [2.05, 4.69) is 25.4 Å². The van der Waals surface area contributed by atoms with Crippen LogP contribution in [0.3, 0.4) is 0 Å². The number of hydrogen-bond acceptors (Lipinski definition) is 11. The first kappa shape index (κ1) is 33.0. The maximum Gasteiger partial charge on any atom is 0.305 e. The zero-order valence-electron chi connectivity index (χ0n) is 25.1. The van der Waals surface area contributed by atoms with Crippen LogP contribution in [-0.2, 0) is 16.1 Å². The Balaban J connectivity index is 1.61. The van der Waals surface area contributed by atoms with E-state index >= 15 is 0 Å². The van der Waals surface area contributed by atoms with Gasteiger partial charge in [-0.3, -0.25) is 14.9 Å². The van der Waals surface area contributed by atoms with Gasteiger partial charge in [0, 0.05) is 54.0 Å². The maximum atomic E-state index is 11.8. The first-order valence-electron chi connectivity index (χ1n) is 14.3. The predicted octanol–water partition coefficient (Wildman–Crippen LogP) is 8.90. The number of azo groups is 2. The van der Waals surface area contributed by atoms with E-state index in [9.17, 15) is 20.0 Å². The molecule has 0 atom stereocenters. The smallest absolute Gasteiger partial charge is 0.305 e. The van der Waals surface area contributed by atoms with Gasteiger partial charge in [-0.05, 0) is 44.5 Å². The van der Waals surface area contributed by atoms with Crippen molar-refractivity contribution >= 4 is 62.5 Å². The second-order valence-electron chi connectivity index (χ2n) is 9.74. The van der Waals surface area contributed by atoms with Crippen LogP contribution in [-0.4, -0.2) is 42.8 Å². The van der Waals surface area contributed by atoms with Crippen molar-refractivity contribution in [1.29, 1.82) is 0 Å². The number of nitro groups is 1. The van der Waals surface area contributed by atoms with E-state index in [0.29, 0.717) is 66.6 Å². The Kier molecular flexibility index (Phi) is 11.5. The Labute approximate surface area is 265 Å². The van der Waals surface area contributed by atoms with Gasteiger partial charge in [0.25, 0.3) is 5.69 Å². The summed E-state index contributed by atoms with van der Waals surface area (Å²) in [6, 6.07) is 18.5. The van der Waals surface area contributed by atoms with Gasteiger partial charge >= 0.3 is 5.97 Å². The summed E-state index contributed by atoms with van der Waals surface area (Å²) < 4.78 is 10.7. The van der Waals surface area contributed by atoms with Crippen LogP contribution in [0.1, 0.15) is 32.3 Å². The number of anilines is 1. The van der Waals surface area contributed by atoms with Crippen molar-refractivity contribution in [3.63, 3.8) is 0 Å². The van der Waals surface area contributed by atoms with Crippen molar-refractivity contribution in [3.8, 4) is 5.75 Å². The highest BCUT2D eigenvalue weighted by Gasteiger charge is 2.16. The molecule has 13 heteroatoms. The molecule has 12 nitrogen and oxygen atoms in total. The third kappa shape index (κ3) is 8.16. The molecule has 0 fully saturated rings. The van der Waals surface area contributed by atoms with E-state index in [0.717, 1.165) is 16.5 Å². The van der Waals surface area contributed by atoms with E-state index in [4.69, 9.17) is 21.1 Å². The second kappa shape index (κ2) is 15.7. The normalized spacial score (nSPS) is 11.4. The Morgan fingerprint density at radius 3 is 2.11 bits per heavy atom. The van der Waals surface area contributed by atoms with Crippen LogP contribution in [0.4, 0.5) is 34.1 Å². The fourth-order valence-corrected chi connectivity index (χ4v) is 4.89. The van der Waals surface area contributed by atoms with Crippen molar-refractivity contribution in [3.05, 3.63) is 87.4 Å². The molecule has 1 N–H and O–H groups in total. The number of aliphatic hydroxyl groups is 1. The molecule has 0 amide bonds. The Bertz CT molecular complexity index is 1750. The van der Waals surface area contributed by atoms with Crippen molar-refractivity contribution in [1.82, 2.24) is 0 Å². The number of non-ortho nitro benzene ring substituents is 1. The molecule has 0 saturated heterocycles. The number of rotatable bonds is 14. The standard InChI is InChI=1S/C32H33ClN6O6/c1-4-38(16-8-11-32(41)45-5-2)30-17-21(20-40)29(19-31(30)44-3)37-35-27-15-14-26(23-9-6-7-10-24(23)27)34-36-28-13-12-22(39(42)43)18-25(28)33/h6-7,9-10,12-15,17-19,40H,4-5,8,11,16,20H2,1-3H3. The summed E-state index contributed by atoms with van der Waals surface area (Å²) in [6.45, 7) is 5.14. The van der Waals surface area contributed by atoms with Crippen LogP contribution in [0.2, 0.25) is 5.02 Å². The quantitative estimate of drug-likeness (QED) is 0.0630. The fourth-order valence-electron chi connectivity index (χ4n) is 4.68. The molecule has 0 saturated carbocycles. The van der Waals surface area contributed by atoms with Gasteiger partial charge in [0.1, 0.15) is 11.4 Å². The van der Waals surface area contributed by atoms with E-state index < -0.39 is 4.92 Å². The minimum Gasteiger partial charge on any atom is -0.495 e. The molecule has 0 aliphatic heterocycles. The molecule has 0 aliphatic carbocycles. The third-order valence-electron chi connectivity index (χ3n) is 6.94. The summed E-state index contributed by atoms with van der Waals surface area (Å²) in [5.41, 5.74) is 3.06. The molecule has 0 unspecified atom stereocenters. The lowest BCUT2D eigenvalue weighted by molar-refractivity contribution is -0.384. The second-order valence-corrected chi connectivity index (χ2v) is 10.1. The first-order chi connectivity index (χ1) is 21.8. The van der Waals surface area contributed by atoms with Gasteiger partial charge in [0.05, 0.1) is 53.0 Å². The highest BCUT2D eigenvalue weighted by molar-refractivity contribution is 6.33. The van der Waals surface area contributed by atoms with Gasteiger partial charge in [0.15, 0.2) is 0 Å². The zero-order chi connectivity index (χ0) is 32.3. The van der Waals surface area contributed by atoms with E-state index in [1.807, 2.05) is 37.3 Å². The van der Waals surface area contributed by atoms with Crippen molar-refractivity contribution < 1.29 is 24.3 Å². The molecule has 4 aromatic carbocycles. The van der Waals surface area contributed by atoms with Crippen molar-refractivity contribution in [2.45, 2.75) is 33.3 Å². The highest BCUT2D eigenvalue weighted by atomic mass is 35.5. The van der Waals surface area contributed by atoms with Crippen molar-refractivity contribution in [2.24, 2.45) is 20.5 Å². The average Bonchev–Trinajstić information content (AvgIpc) is 3.05. The number of nitrogens with zero attached hydrogens (tertiary/aromatic N) is 6.